The molecule has 1 aromatic rings. The highest BCUT2D eigenvalue weighted by Crippen LogP contribution is 2.24. The molecule has 0 radical (unpaired) electrons. The molecule has 0 bridgehead atoms. The van der Waals surface area contributed by atoms with Crippen LogP contribution in [0.3, 0.4) is 0 Å². The van der Waals surface area contributed by atoms with Crippen molar-refractivity contribution in [2.75, 3.05) is 0 Å². The van der Waals surface area contributed by atoms with Gasteiger partial charge in [-0.05, 0) is 18.6 Å². The van der Waals surface area contributed by atoms with Crippen molar-refractivity contribution in [2.24, 2.45) is 10.9 Å². The van der Waals surface area contributed by atoms with Gasteiger partial charge in [-0.1, -0.05) is 12.1 Å². The van der Waals surface area contributed by atoms with E-state index in [1.54, 1.807) is 24.2 Å². The van der Waals surface area contributed by atoms with Gasteiger partial charge in [0.05, 0.1) is 5.25 Å². The Morgan fingerprint density at radius 3 is 2.79 bits per heavy atom. The fourth-order valence-corrected chi connectivity index (χ4v) is 1.94. The summed E-state index contributed by atoms with van der Waals surface area (Å²) in [6.07, 6.45) is 4.27. The Hall–Kier alpha value is -1.23. The summed E-state index contributed by atoms with van der Waals surface area (Å²) in [7, 11) is 0. The number of hydrogen-bond acceptors (Lipinski definition) is 4. The SMILES string of the molecule is CCC(Sc1ccncc1)C(N)=NO. The first-order valence-corrected chi connectivity index (χ1v) is 5.20. The van der Waals surface area contributed by atoms with Gasteiger partial charge in [0.1, 0.15) is 0 Å². The highest BCUT2D eigenvalue weighted by molar-refractivity contribution is 8.00. The summed E-state index contributed by atoms with van der Waals surface area (Å²) in [5, 5.41) is 11.6. The monoisotopic (exact) mass is 211 g/mol. The second-order valence-corrected chi connectivity index (χ2v) is 4.00. The van der Waals surface area contributed by atoms with Crippen molar-refractivity contribution in [3.8, 4) is 0 Å². The number of hydrogen-bond donors (Lipinski definition) is 2. The van der Waals surface area contributed by atoms with E-state index in [0.717, 1.165) is 11.3 Å². The average molecular weight is 211 g/mol. The van der Waals surface area contributed by atoms with Crippen molar-refractivity contribution in [2.45, 2.75) is 23.5 Å². The van der Waals surface area contributed by atoms with Crippen LogP contribution >= 0.6 is 11.8 Å². The summed E-state index contributed by atoms with van der Waals surface area (Å²) in [6, 6.07) is 3.80. The van der Waals surface area contributed by atoms with Crippen LogP contribution in [0.15, 0.2) is 34.6 Å². The normalized spacial score (nSPS) is 13.9. The molecular formula is C9H13N3OS. The molecule has 76 valence electrons. The maximum absolute atomic E-state index is 8.55. The van der Waals surface area contributed by atoms with Gasteiger partial charge in [-0.2, -0.15) is 0 Å². The van der Waals surface area contributed by atoms with Crippen LogP contribution < -0.4 is 5.73 Å². The van der Waals surface area contributed by atoms with Crippen molar-refractivity contribution >= 4 is 17.6 Å². The molecular weight excluding hydrogens is 198 g/mol. The zero-order chi connectivity index (χ0) is 10.4. The third kappa shape index (κ3) is 2.92. The summed E-state index contributed by atoms with van der Waals surface area (Å²) in [4.78, 5) is 4.99. The molecule has 0 amide bonds. The Kier molecular flexibility index (Phi) is 4.25. The lowest BCUT2D eigenvalue weighted by Gasteiger charge is -2.11. The summed E-state index contributed by atoms with van der Waals surface area (Å²) < 4.78 is 0. The number of pyridine rings is 1. The molecule has 0 fully saturated rings. The van der Waals surface area contributed by atoms with E-state index in [4.69, 9.17) is 10.9 Å². The lowest BCUT2D eigenvalue weighted by molar-refractivity contribution is 0.317. The first-order chi connectivity index (χ1) is 6.77. The van der Waals surface area contributed by atoms with Crippen LogP contribution in [-0.2, 0) is 0 Å². The first kappa shape index (κ1) is 10.8. The van der Waals surface area contributed by atoms with E-state index in [-0.39, 0.29) is 11.1 Å². The van der Waals surface area contributed by atoms with E-state index in [1.165, 1.54) is 0 Å². The van der Waals surface area contributed by atoms with Gasteiger partial charge in [0.2, 0.25) is 0 Å². The Labute approximate surface area is 87.2 Å². The Balaban J connectivity index is 2.67. The molecule has 1 heterocycles. The number of nitrogens with two attached hydrogens (primary N) is 1. The molecule has 1 aromatic heterocycles. The molecule has 3 N–H and O–H groups in total. The average Bonchev–Trinajstić information content (AvgIpc) is 2.26. The van der Waals surface area contributed by atoms with E-state index in [2.05, 4.69) is 10.1 Å². The molecule has 1 atom stereocenters. The van der Waals surface area contributed by atoms with Crippen LogP contribution in [0.4, 0.5) is 0 Å². The first-order valence-electron chi connectivity index (χ1n) is 4.32. The number of nitrogens with zero attached hydrogens (tertiary/aromatic N) is 2. The van der Waals surface area contributed by atoms with Crippen molar-refractivity contribution in [3.63, 3.8) is 0 Å². The van der Waals surface area contributed by atoms with Gasteiger partial charge >= 0.3 is 0 Å². The van der Waals surface area contributed by atoms with Crippen LogP contribution in [-0.4, -0.2) is 21.3 Å². The Bertz CT molecular complexity index is 302. The fourth-order valence-electron chi connectivity index (χ4n) is 0.998. The molecule has 5 heteroatoms. The van der Waals surface area contributed by atoms with Crippen molar-refractivity contribution in [1.82, 2.24) is 4.98 Å². The zero-order valence-electron chi connectivity index (χ0n) is 7.92. The molecule has 0 aliphatic heterocycles. The largest absolute Gasteiger partial charge is 0.409 e. The molecule has 0 aromatic carbocycles. The molecule has 1 rings (SSSR count). The minimum absolute atomic E-state index is 0.0161. The van der Waals surface area contributed by atoms with Crippen LogP contribution in [0.2, 0.25) is 0 Å². The number of thioether (sulfide) groups is 1. The second kappa shape index (κ2) is 5.49. The Morgan fingerprint density at radius 2 is 2.29 bits per heavy atom. The van der Waals surface area contributed by atoms with Crippen molar-refractivity contribution in [3.05, 3.63) is 24.5 Å². The molecule has 0 aliphatic rings. The molecule has 4 nitrogen and oxygen atoms in total. The van der Waals surface area contributed by atoms with E-state index in [0.29, 0.717) is 0 Å². The van der Waals surface area contributed by atoms with Crippen molar-refractivity contribution < 1.29 is 5.21 Å². The van der Waals surface area contributed by atoms with Gasteiger partial charge in [0, 0.05) is 17.3 Å². The number of oxime groups is 1. The van der Waals surface area contributed by atoms with Crippen LogP contribution in [0.25, 0.3) is 0 Å². The summed E-state index contributed by atoms with van der Waals surface area (Å²) in [5.74, 6) is 0.259. The lowest BCUT2D eigenvalue weighted by Crippen LogP contribution is -2.25. The van der Waals surface area contributed by atoms with Gasteiger partial charge < -0.3 is 10.9 Å². The standard InChI is InChI=1S/C9H13N3OS/c1-2-8(9(10)12-13)14-7-3-5-11-6-4-7/h3-6,8,13H,2H2,1H3,(H2,10,12). The van der Waals surface area contributed by atoms with E-state index >= 15 is 0 Å². The van der Waals surface area contributed by atoms with E-state index in [9.17, 15) is 0 Å². The number of rotatable bonds is 4. The van der Waals surface area contributed by atoms with Crippen LogP contribution in [0, 0.1) is 0 Å². The molecule has 0 saturated heterocycles. The maximum Gasteiger partial charge on any atom is 0.152 e. The van der Waals surface area contributed by atoms with Crippen LogP contribution in [0.1, 0.15) is 13.3 Å². The third-order valence-corrected chi connectivity index (χ3v) is 3.15. The molecule has 0 saturated carbocycles. The second-order valence-electron chi connectivity index (χ2n) is 2.72. The summed E-state index contributed by atoms with van der Waals surface area (Å²) in [5.41, 5.74) is 5.54. The van der Waals surface area contributed by atoms with Gasteiger partial charge in [-0.25, -0.2) is 0 Å². The topological polar surface area (TPSA) is 71.5 Å². The molecule has 14 heavy (non-hydrogen) atoms. The van der Waals surface area contributed by atoms with Gasteiger partial charge in [0.25, 0.3) is 0 Å². The number of amidine groups is 1. The van der Waals surface area contributed by atoms with Gasteiger partial charge in [-0.3, -0.25) is 4.98 Å². The third-order valence-electron chi connectivity index (χ3n) is 1.74. The van der Waals surface area contributed by atoms with Crippen molar-refractivity contribution in [1.29, 1.82) is 0 Å². The quantitative estimate of drug-likeness (QED) is 0.261. The summed E-state index contributed by atoms with van der Waals surface area (Å²) in [6.45, 7) is 2.00. The van der Waals surface area contributed by atoms with E-state index in [1.807, 2.05) is 19.1 Å². The minimum atomic E-state index is 0.0161. The highest BCUT2D eigenvalue weighted by Gasteiger charge is 2.12. The Morgan fingerprint density at radius 1 is 1.64 bits per heavy atom. The maximum atomic E-state index is 8.55. The minimum Gasteiger partial charge on any atom is -0.409 e. The predicted molar refractivity (Wildman–Crippen MR) is 57.6 cm³/mol. The highest BCUT2D eigenvalue weighted by atomic mass is 32.2. The van der Waals surface area contributed by atoms with Gasteiger partial charge in [-0.15, -0.1) is 11.8 Å². The summed E-state index contributed by atoms with van der Waals surface area (Å²) >= 11 is 1.57. The smallest absolute Gasteiger partial charge is 0.152 e. The fraction of sp³-hybridized carbons (Fsp3) is 0.333. The number of aromatic nitrogens is 1. The molecule has 1 unspecified atom stereocenters. The molecule has 0 spiro atoms. The van der Waals surface area contributed by atoms with Crippen LogP contribution in [0.5, 0.6) is 0 Å². The molecule has 0 aliphatic carbocycles. The zero-order valence-corrected chi connectivity index (χ0v) is 8.74. The van der Waals surface area contributed by atoms with Gasteiger partial charge in [0.15, 0.2) is 5.84 Å². The lowest BCUT2D eigenvalue weighted by atomic mass is 10.3. The van der Waals surface area contributed by atoms with E-state index < -0.39 is 0 Å². The predicted octanol–water partition coefficient (Wildman–Crippen LogP) is 1.70.